The Morgan fingerprint density at radius 2 is 2.29 bits per heavy atom. The Labute approximate surface area is 105 Å². The van der Waals surface area contributed by atoms with E-state index in [0.717, 1.165) is 6.54 Å². The average molecular weight is 252 g/mol. The van der Waals surface area contributed by atoms with E-state index in [9.17, 15) is 4.79 Å². The van der Waals surface area contributed by atoms with Crippen molar-refractivity contribution in [1.82, 2.24) is 4.98 Å². The highest BCUT2D eigenvalue weighted by molar-refractivity contribution is 7.99. The van der Waals surface area contributed by atoms with E-state index in [2.05, 4.69) is 10.3 Å². The highest BCUT2D eigenvalue weighted by Crippen LogP contribution is 2.22. The van der Waals surface area contributed by atoms with Crippen LogP contribution in [0.2, 0.25) is 0 Å². The number of rotatable bonds is 4. The number of carboxylic acid groups (broad SMARTS) is 1. The Balaban J connectivity index is 1.89. The lowest BCUT2D eigenvalue weighted by Gasteiger charge is -2.21. The first-order chi connectivity index (χ1) is 8.25. The zero-order valence-electron chi connectivity index (χ0n) is 9.56. The van der Waals surface area contributed by atoms with Crippen molar-refractivity contribution in [3.05, 3.63) is 23.9 Å². The summed E-state index contributed by atoms with van der Waals surface area (Å²) in [5, 5.41) is 12.1. The lowest BCUT2D eigenvalue weighted by molar-refractivity contribution is 0.0697. The smallest absolute Gasteiger partial charge is 0.335 e. The third-order valence-electron chi connectivity index (χ3n) is 2.92. The molecule has 0 unspecified atom stereocenters. The second-order valence-electron chi connectivity index (χ2n) is 4.17. The number of nitrogens with zero attached hydrogens (tertiary/aromatic N) is 1. The van der Waals surface area contributed by atoms with E-state index in [1.165, 1.54) is 36.6 Å². The molecular weight excluding hydrogens is 236 g/mol. The minimum absolute atomic E-state index is 0.279. The molecule has 0 radical (unpaired) electrons. The molecule has 1 fully saturated rings. The lowest BCUT2D eigenvalue weighted by atomic mass is 10.0. The fourth-order valence-electron chi connectivity index (χ4n) is 1.86. The molecule has 92 valence electrons. The number of hydrogen-bond acceptors (Lipinski definition) is 4. The molecule has 1 aromatic rings. The molecule has 1 saturated heterocycles. The summed E-state index contributed by atoms with van der Waals surface area (Å²) in [6.07, 6.45) is 4.00. The van der Waals surface area contributed by atoms with Crippen molar-refractivity contribution < 1.29 is 9.90 Å². The molecule has 1 aromatic heterocycles. The molecule has 2 N–H and O–H groups in total. The minimum atomic E-state index is -0.912. The topological polar surface area (TPSA) is 62.2 Å². The fraction of sp³-hybridized carbons (Fsp3) is 0.500. The van der Waals surface area contributed by atoms with Crippen molar-refractivity contribution in [2.45, 2.75) is 12.8 Å². The Kier molecular flexibility index (Phi) is 4.25. The van der Waals surface area contributed by atoms with Crippen molar-refractivity contribution in [1.29, 1.82) is 0 Å². The molecule has 0 spiro atoms. The number of aromatic carboxylic acids is 1. The number of anilines is 1. The van der Waals surface area contributed by atoms with Gasteiger partial charge in [-0.3, -0.25) is 0 Å². The summed E-state index contributed by atoms with van der Waals surface area (Å²) in [4.78, 5) is 14.9. The van der Waals surface area contributed by atoms with Crippen molar-refractivity contribution in [2.24, 2.45) is 5.92 Å². The van der Waals surface area contributed by atoms with Crippen LogP contribution in [0, 0.1) is 5.92 Å². The van der Waals surface area contributed by atoms with E-state index in [-0.39, 0.29) is 5.56 Å². The van der Waals surface area contributed by atoms with Gasteiger partial charge in [-0.15, -0.1) is 0 Å². The largest absolute Gasteiger partial charge is 0.478 e. The number of aromatic nitrogens is 1. The summed E-state index contributed by atoms with van der Waals surface area (Å²) in [6.45, 7) is 0.886. The van der Waals surface area contributed by atoms with Gasteiger partial charge < -0.3 is 10.4 Å². The Morgan fingerprint density at radius 3 is 3.00 bits per heavy atom. The maximum Gasteiger partial charge on any atom is 0.335 e. The molecule has 0 amide bonds. The minimum Gasteiger partial charge on any atom is -0.478 e. The van der Waals surface area contributed by atoms with Gasteiger partial charge in [-0.25, -0.2) is 9.78 Å². The van der Waals surface area contributed by atoms with E-state index in [4.69, 9.17) is 5.11 Å². The van der Waals surface area contributed by atoms with Crippen LogP contribution in [0.15, 0.2) is 18.3 Å². The molecule has 0 saturated carbocycles. The van der Waals surface area contributed by atoms with Crippen LogP contribution in [0.3, 0.4) is 0 Å². The number of carbonyl (C=O) groups is 1. The van der Waals surface area contributed by atoms with Crippen molar-refractivity contribution in [3.63, 3.8) is 0 Å². The molecule has 0 atom stereocenters. The van der Waals surface area contributed by atoms with Crippen LogP contribution in [-0.2, 0) is 0 Å². The summed E-state index contributed by atoms with van der Waals surface area (Å²) in [6, 6.07) is 3.09. The van der Waals surface area contributed by atoms with Gasteiger partial charge in [0.25, 0.3) is 0 Å². The van der Waals surface area contributed by atoms with E-state index >= 15 is 0 Å². The van der Waals surface area contributed by atoms with Gasteiger partial charge in [0.15, 0.2) is 0 Å². The maximum atomic E-state index is 10.8. The molecule has 2 heterocycles. The van der Waals surface area contributed by atoms with Gasteiger partial charge in [0.2, 0.25) is 0 Å². The molecule has 1 aliphatic rings. The van der Waals surface area contributed by atoms with E-state index in [1.54, 1.807) is 6.07 Å². The summed E-state index contributed by atoms with van der Waals surface area (Å²) in [5.41, 5.74) is 0.279. The molecule has 5 heteroatoms. The molecule has 17 heavy (non-hydrogen) atoms. The van der Waals surface area contributed by atoms with Gasteiger partial charge >= 0.3 is 5.97 Å². The number of pyridine rings is 1. The average Bonchev–Trinajstić information content (AvgIpc) is 2.38. The van der Waals surface area contributed by atoms with Crippen LogP contribution in [0.5, 0.6) is 0 Å². The molecule has 0 aliphatic carbocycles. The van der Waals surface area contributed by atoms with Gasteiger partial charge in [-0.2, -0.15) is 11.8 Å². The molecule has 2 rings (SSSR count). The second kappa shape index (κ2) is 5.91. The van der Waals surface area contributed by atoms with Crippen LogP contribution in [0.1, 0.15) is 23.2 Å². The number of thioether (sulfide) groups is 1. The first-order valence-electron chi connectivity index (χ1n) is 5.76. The lowest BCUT2D eigenvalue weighted by Crippen LogP contribution is -2.19. The normalized spacial score (nSPS) is 16.7. The van der Waals surface area contributed by atoms with Gasteiger partial charge in [-0.1, -0.05) is 0 Å². The zero-order valence-corrected chi connectivity index (χ0v) is 10.4. The first-order valence-corrected chi connectivity index (χ1v) is 6.92. The third kappa shape index (κ3) is 3.63. The fourth-order valence-corrected chi connectivity index (χ4v) is 3.06. The maximum absolute atomic E-state index is 10.8. The van der Waals surface area contributed by atoms with Gasteiger partial charge in [-0.05, 0) is 42.4 Å². The molecule has 4 nitrogen and oxygen atoms in total. The van der Waals surface area contributed by atoms with Crippen LogP contribution in [0.4, 0.5) is 5.82 Å². The molecule has 0 bridgehead atoms. The Bertz CT molecular complexity index is 392. The van der Waals surface area contributed by atoms with Crippen LogP contribution >= 0.6 is 11.8 Å². The van der Waals surface area contributed by atoms with Gasteiger partial charge in [0.1, 0.15) is 5.82 Å². The zero-order chi connectivity index (χ0) is 12.1. The second-order valence-corrected chi connectivity index (χ2v) is 5.40. The highest BCUT2D eigenvalue weighted by Gasteiger charge is 2.13. The highest BCUT2D eigenvalue weighted by atomic mass is 32.2. The first kappa shape index (κ1) is 12.2. The SMILES string of the molecule is O=C(O)c1ccnc(NCC2CCSCC2)c1. The number of carboxylic acids is 1. The standard InChI is InChI=1S/C12H16N2O2S/c15-12(16)10-1-4-13-11(7-10)14-8-9-2-5-17-6-3-9/h1,4,7,9H,2-3,5-6,8H2,(H,13,14)(H,15,16). The summed E-state index contributed by atoms with van der Waals surface area (Å²) < 4.78 is 0. The van der Waals surface area contributed by atoms with Crippen molar-refractivity contribution in [3.8, 4) is 0 Å². The molecular formula is C12H16N2O2S. The van der Waals surface area contributed by atoms with Crippen LogP contribution < -0.4 is 5.32 Å². The Hall–Kier alpha value is -1.23. The summed E-state index contributed by atoms with van der Waals surface area (Å²) in [5.74, 6) is 2.89. The predicted octanol–water partition coefficient (Wildman–Crippen LogP) is 2.33. The molecule has 0 aromatic carbocycles. The van der Waals surface area contributed by atoms with Crippen LogP contribution in [-0.4, -0.2) is 34.1 Å². The van der Waals surface area contributed by atoms with Crippen molar-refractivity contribution >= 4 is 23.5 Å². The molecule has 1 aliphatic heterocycles. The van der Waals surface area contributed by atoms with Gasteiger partial charge in [0, 0.05) is 12.7 Å². The summed E-state index contributed by atoms with van der Waals surface area (Å²) >= 11 is 2.01. The van der Waals surface area contributed by atoms with E-state index in [0.29, 0.717) is 11.7 Å². The number of nitrogens with one attached hydrogen (secondary N) is 1. The Morgan fingerprint density at radius 1 is 1.53 bits per heavy atom. The van der Waals surface area contributed by atoms with E-state index < -0.39 is 5.97 Å². The third-order valence-corrected chi connectivity index (χ3v) is 3.97. The quantitative estimate of drug-likeness (QED) is 0.861. The summed E-state index contributed by atoms with van der Waals surface area (Å²) in [7, 11) is 0. The predicted molar refractivity (Wildman–Crippen MR) is 69.7 cm³/mol. The van der Waals surface area contributed by atoms with Crippen molar-refractivity contribution in [2.75, 3.05) is 23.4 Å². The number of hydrogen-bond donors (Lipinski definition) is 2. The van der Waals surface area contributed by atoms with Gasteiger partial charge in [0.05, 0.1) is 5.56 Å². The monoisotopic (exact) mass is 252 g/mol. The van der Waals surface area contributed by atoms with Crippen LogP contribution in [0.25, 0.3) is 0 Å². The van der Waals surface area contributed by atoms with E-state index in [1.807, 2.05) is 11.8 Å².